The standard InChI is InChI=1S/C22H23ClN4O4/c1-26(12-20-24-15-6-4-5-7-16(15)25-20)22(29)13-8-21(28)27(11-13)17-9-14(23)18(30-2)10-19(17)31-3/h4-7,9-10,13H,8,11-12H2,1-3H3,(H,24,25). The molecular weight excluding hydrogens is 420 g/mol. The van der Waals surface area contributed by atoms with Crippen LogP contribution in [0.4, 0.5) is 5.69 Å². The van der Waals surface area contributed by atoms with Gasteiger partial charge in [0, 0.05) is 26.1 Å². The third-order valence-electron chi connectivity index (χ3n) is 5.42. The Kier molecular flexibility index (Phi) is 5.73. The van der Waals surface area contributed by atoms with Crippen LogP contribution in [-0.2, 0) is 16.1 Å². The number of carbonyl (C=O) groups excluding carboxylic acids is 2. The Morgan fingerprint density at radius 2 is 2.00 bits per heavy atom. The summed E-state index contributed by atoms with van der Waals surface area (Å²) in [6.07, 6.45) is 0.121. The van der Waals surface area contributed by atoms with Crippen LogP contribution in [-0.4, -0.2) is 54.5 Å². The SMILES string of the molecule is COc1cc(OC)c(N2CC(C(=O)N(C)Cc3nc4ccccc4[nH]3)CC2=O)cc1Cl. The van der Waals surface area contributed by atoms with E-state index >= 15 is 0 Å². The molecule has 4 rings (SSSR count). The van der Waals surface area contributed by atoms with E-state index in [1.807, 2.05) is 24.3 Å². The summed E-state index contributed by atoms with van der Waals surface area (Å²) < 4.78 is 10.6. The first-order valence-electron chi connectivity index (χ1n) is 9.81. The van der Waals surface area contributed by atoms with Gasteiger partial charge in [-0.3, -0.25) is 9.59 Å². The molecule has 2 aromatic carbocycles. The molecule has 2 amide bonds. The molecule has 0 aliphatic carbocycles. The molecule has 1 fully saturated rings. The predicted molar refractivity (Wildman–Crippen MR) is 118 cm³/mol. The number of aromatic amines is 1. The molecule has 3 aromatic rings. The number of para-hydroxylation sites is 2. The number of nitrogens with zero attached hydrogens (tertiary/aromatic N) is 3. The third-order valence-corrected chi connectivity index (χ3v) is 5.72. The van der Waals surface area contributed by atoms with Gasteiger partial charge >= 0.3 is 0 Å². The van der Waals surface area contributed by atoms with Gasteiger partial charge in [-0.05, 0) is 18.2 Å². The maximum Gasteiger partial charge on any atom is 0.228 e. The molecule has 0 bridgehead atoms. The largest absolute Gasteiger partial charge is 0.495 e. The lowest BCUT2D eigenvalue weighted by molar-refractivity contribution is -0.135. The minimum Gasteiger partial charge on any atom is -0.495 e. The topological polar surface area (TPSA) is 87.8 Å². The number of H-pyrrole nitrogens is 1. The van der Waals surface area contributed by atoms with Crippen molar-refractivity contribution < 1.29 is 19.1 Å². The van der Waals surface area contributed by atoms with Gasteiger partial charge in [0.25, 0.3) is 0 Å². The molecule has 162 valence electrons. The van der Waals surface area contributed by atoms with Gasteiger partial charge in [0.05, 0.1) is 48.4 Å². The van der Waals surface area contributed by atoms with Gasteiger partial charge in [-0.2, -0.15) is 0 Å². The monoisotopic (exact) mass is 442 g/mol. The smallest absolute Gasteiger partial charge is 0.228 e. The van der Waals surface area contributed by atoms with E-state index in [1.165, 1.54) is 14.2 Å². The summed E-state index contributed by atoms with van der Waals surface area (Å²) in [4.78, 5) is 36.6. The molecule has 0 spiro atoms. The molecule has 8 nitrogen and oxygen atoms in total. The van der Waals surface area contributed by atoms with Crippen LogP contribution >= 0.6 is 11.6 Å². The van der Waals surface area contributed by atoms with Crippen LogP contribution in [0.25, 0.3) is 11.0 Å². The second kappa shape index (κ2) is 8.47. The summed E-state index contributed by atoms with van der Waals surface area (Å²) in [5.41, 5.74) is 2.29. The molecule has 1 aliphatic heterocycles. The minimum atomic E-state index is -0.465. The molecular formula is C22H23ClN4O4. The number of fused-ring (bicyclic) bond motifs is 1. The van der Waals surface area contributed by atoms with Crippen molar-refractivity contribution in [3.05, 3.63) is 47.2 Å². The second-order valence-electron chi connectivity index (χ2n) is 7.46. The zero-order chi connectivity index (χ0) is 22.1. The Labute approximate surface area is 184 Å². The van der Waals surface area contributed by atoms with Crippen molar-refractivity contribution in [3.63, 3.8) is 0 Å². The van der Waals surface area contributed by atoms with E-state index in [9.17, 15) is 9.59 Å². The average Bonchev–Trinajstić information content (AvgIpc) is 3.35. The zero-order valence-corrected chi connectivity index (χ0v) is 18.3. The summed E-state index contributed by atoms with van der Waals surface area (Å²) in [5.74, 6) is 0.865. The van der Waals surface area contributed by atoms with E-state index in [0.717, 1.165) is 11.0 Å². The normalized spacial score (nSPS) is 16.1. The fraction of sp³-hybridized carbons (Fsp3) is 0.318. The Balaban J connectivity index is 1.49. The molecule has 31 heavy (non-hydrogen) atoms. The number of halogens is 1. The van der Waals surface area contributed by atoms with E-state index in [1.54, 1.807) is 29.0 Å². The van der Waals surface area contributed by atoms with Gasteiger partial charge < -0.3 is 24.3 Å². The number of hydrogen-bond donors (Lipinski definition) is 1. The van der Waals surface area contributed by atoms with Gasteiger partial charge in [-0.1, -0.05) is 23.7 Å². The van der Waals surface area contributed by atoms with Crippen molar-refractivity contribution in [2.45, 2.75) is 13.0 Å². The Morgan fingerprint density at radius 1 is 1.26 bits per heavy atom. The number of hydrogen-bond acceptors (Lipinski definition) is 5. The molecule has 1 unspecified atom stereocenters. The number of amides is 2. The predicted octanol–water partition coefficient (Wildman–Crippen LogP) is 3.25. The average molecular weight is 443 g/mol. The van der Waals surface area contributed by atoms with Gasteiger partial charge in [0.2, 0.25) is 11.8 Å². The number of aromatic nitrogens is 2. The van der Waals surface area contributed by atoms with E-state index in [0.29, 0.717) is 34.6 Å². The number of anilines is 1. The fourth-order valence-electron chi connectivity index (χ4n) is 3.86. The highest BCUT2D eigenvalue weighted by molar-refractivity contribution is 6.32. The van der Waals surface area contributed by atoms with Crippen LogP contribution in [0.5, 0.6) is 11.5 Å². The van der Waals surface area contributed by atoms with E-state index in [-0.39, 0.29) is 24.8 Å². The van der Waals surface area contributed by atoms with Crippen molar-refractivity contribution in [2.24, 2.45) is 5.92 Å². The van der Waals surface area contributed by atoms with E-state index < -0.39 is 5.92 Å². The number of carbonyl (C=O) groups is 2. The first-order valence-corrected chi connectivity index (χ1v) is 10.2. The molecule has 1 atom stereocenters. The fourth-order valence-corrected chi connectivity index (χ4v) is 4.09. The third kappa shape index (κ3) is 4.03. The maximum atomic E-state index is 13.0. The van der Waals surface area contributed by atoms with Crippen LogP contribution in [0.15, 0.2) is 36.4 Å². The molecule has 1 aliphatic rings. The minimum absolute atomic E-state index is 0.116. The van der Waals surface area contributed by atoms with Gasteiger partial charge in [0.15, 0.2) is 0 Å². The molecule has 1 N–H and O–H groups in total. The zero-order valence-electron chi connectivity index (χ0n) is 17.5. The van der Waals surface area contributed by atoms with Crippen LogP contribution < -0.4 is 14.4 Å². The number of ether oxygens (including phenoxy) is 2. The van der Waals surface area contributed by atoms with Gasteiger partial charge in [0.1, 0.15) is 17.3 Å². The van der Waals surface area contributed by atoms with Gasteiger partial charge in [-0.15, -0.1) is 0 Å². The lowest BCUT2D eigenvalue weighted by Gasteiger charge is -2.22. The van der Waals surface area contributed by atoms with E-state index in [4.69, 9.17) is 21.1 Å². The van der Waals surface area contributed by atoms with Crippen molar-refractivity contribution in [1.82, 2.24) is 14.9 Å². The van der Waals surface area contributed by atoms with Crippen molar-refractivity contribution in [3.8, 4) is 11.5 Å². The van der Waals surface area contributed by atoms with Crippen LogP contribution in [0.1, 0.15) is 12.2 Å². The molecule has 2 heterocycles. The quantitative estimate of drug-likeness (QED) is 0.633. The highest BCUT2D eigenvalue weighted by atomic mass is 35.5. The number of rotatable bonds is 6. The lowest BCUT2D eigenvalue weighted by atomic mass is 10.1. The Morgan fingerprint density at radius 3 is 2.71 bits per heavy atom. The first-order chi connectivity index (χ1) is 14.9. The Hall–Kier alpha value is -3.26. The second-order valence-corrected chi connectivity index (χ2v) is 7.87. The number of imidazole rings is 1. The summed E-state index contributed by atoms with van der Waals surface area (Å²) in [5, 5.41) is 0.364. The van der Waals surface area contributed by atoms with Crippen LogP contribution in [0, 0.1) is 5.92 Å². The molecule has 9 heteroatoms. The van der Waals surface area contributed by atoms with Crippen molar-refractivity contribution >= 4 is 40.1 Å². The number of nitrogens with one attached hydrogen (secondary N) is 1. The molecule has 1 saturated heterocycles. The molecule has 0 radical (unpaired) electrons. The number of methoxy groups -OCH3 is 2. The maximum absolute atomic E-state index is 13.0. The first kappa shape index (κ1) is 21.0. The van der Waals surface area contributed by atoms with Crippen molar-refractivity contribution in [1.29, 1.82) is 0 Å². The van der Waals surface area contributed by atoms with E-state index in [2.05, 4.69) is 9.97 Å². The summed E-state index contributed by atoms with van der Waals surface area (Å²) >= 11 is 6.25. The highest BCUT2D eigenvalue weighted by Gasteiger charge is 2.38. The summed E-state index contributed by atoms with van der Waals surface area (Å²) in [6.45, 7) is 0.580. The van der Waals surface area contributed by atoms with Gasteiger partial charge in [-0.25, -0.2) is 4.98 Å². The lowest BCUT2D eigenvalue weighted by Crippen LogP contribution is -2.34. The summed E-state index contributed by atoms with van der Waals surface area (Å²) in [6, 6.07) is 11.0. The molecule has 1 aromatic heterocycles. The number of benzene rings is 2. The summed E-state index contributed by atoms with van der Waals surface area (Å²) in [7, 11) is 4.73. The van der Waals surface area contributed by atoms with Crippen molar-refractivity contribution in [2.75, 3.05) is 32.7 Å². The Bertz CT molecular complexity index is 1110. The van der Waals surface area contributed by atoms with Crippen LogP contribution in [0.2, 0.25) is 5.02 Å². The highest BCUT2D eigenvalue weighted by Crippen LogP contribution is 2.40. The van der Waals surface area contributed by atoms with Crippen LogP contribution in [0.3, 0.4) is 0 Å². The molecule has 0 saturated carbocycles.